The lowest BCUT2D eigenvalue weighted by Crippen LogP contribution is -2.34. The lowest BCUT2D eigenvalue weighted by molar-refractivity contribution is -0.170. The zero-order chi connectivity index (χ0) is 17.8. The average molecular weight is 385 g/mol. The van der Waals surface area contributed by atoms with Crippen molar-refractivity contribution in [1.82, 2.24) is 0 Å². The fourth-order valence-electron chi connectivity index (χ4n) is 4.37. The second kappa shape index (κ2) is 6.36. The molecule has 0 spiro atoms. The summed E-state index contributed by atoms with van der Waals surface area (Å²) in [6, 6.07) is 0. The number of carbonyl (C=O) groups excluding carboxylic acids is 2. The van der Waals surface area contributed by atoms with E-state index in [4.69, 9.17) is 9.47 Å². The van der Waals surface area contributed by atoms with Crippen LogP contribution in [-0.4, -0.2) is 44.6 Å². The highest BCUT2D eigenvalue weighted by Gasteiger charge is 2.56. The van der Waals surface area contributed by atoms with Crippen molar-refractivity contribution in [3.63, 3.8) is 0 Å². The first-order valence-corrected chi connectivity index (χ1v) is 11.3. The van der Waals surface area contributed by atoms with E-state index in [9.17, 15) is 9.59 Å². The van der Waals surface area contributed by atoms with Crippen LogP contribution in [0.1, 0.15) is 59.3 Å². The summed E-state index contributed by atoms with van der Waals surface area (Å²) in [5.74, 6) is -0.206. The zero-order valence-electron chi connectivity index (χ0n) is 15.3. The summed E-state index contributed by atoms with van der Waals surface area (Å²) in [4.78, 5) is 24.5. The van der Waals surface area contributed by atoms with E-state index in [0.717, 1.165) is 37.4 Å². The highest BCUT2D eigenvalue weighted by atomic mass is 32.2. The summed E-state index contributed by atoms with van der Waals surface area (Å²) >= 11 is 4.04. The van der Waals surface area contributed by atoms with Gasteiger partial charge in [0, 0.05) is 20.0 Å². The van der Waals surface area contributed by atoms with Gasteiger partial charge >= 0.3 is 11.9 Å². The van der Waals surface area contributed by atoms with Gasteiger partial charge in [-0.05, 0) is 65.2 Å². The monoisotopic (exact) mass is 384 g/mol. The third-order valence-electron chi connectivity index (χ3n) is 6.57. The summed E-state index contributed by atoms with van der Waals surface area (Å²) in [6.07, 6.45) is 5.53. The molecule has 2 saturated heterocycles. The Morgan fingerprint density at radius 1 is 1.08 bits per heavy atom. The van der Waals surface area contributed by atoms with E-state index in [1.807, 2.05) is 11.8 Å². The number of rotatable bonds is 5. The molecule has 4 aliphatic rings. The van der Waals surface area contributed by atoms with E-state index in [1.54, 1.807) is 6.92 Å². The second-order valence-electron chi connectivity index (χ2n) is 8.66. The highest BCUT2D eigenvalue weighted by molar-refractivity contribution is 8.08. The Hall–Kier alpha value is -0.360. The minimum atomic E-state index is -0.795. The van der Waals surface area contributed by atoms with Gasteiger partial charge in [0.1, 0.15) is 0 Å². The third-order valence-corrected chi connectivity index (χ3v) is 10.1. The summed E-state index contributed by atoms with van der Waals surface area (Å²) < 4.78 is 11.8. The van der Waals surface area contributed by atoms with Crippen LogP contribution >= 0.6 is 23.5 Å². The number of esters is 2. The normalized spacial score (nSPS) is 45.6. The molecule has 4 nitrogen and oxygen atoms in total. The van der Waals surface area contributed by atoms with E-state index in [1.165, 1.54) is 6.42 Å². The lowest BCUT2D eigenvalue weighted by Gasteiger charge is -2.25. The number of hydrogen-bond donors (Lipinski definition) is 0. The second-order valence-corrected chi connectivity index (χ2v) is 12.1. The molecular weight excluding hydrogens is 356 g/mol. The van der Waals surface area contributed by atoms with Crippen molar-refractivity contribution in [3.05, 3.63) is 0 Å². The van der Waals surface area contributed by atoms with Crippen LogP contribution in [-0.2, 0) is 19.1 Å². The van der Waals surface area contributed by atoms with Crippen molar-refractivity contribution in [1.29, 1.82) is 0 Å². The smallest absolute Gasteiger partial charge is 0.347 e. The Balaban J connectivity index is 1.18. The molecule has 0 N–H and O–H groups in total. The number of carbonyl (C=O) groups is 2. The van der Waals surface area contributed by atoms with Crippen LogP contribution in [0.4, 0.5) is 0 Å². The quantitative estimate of drug-likeness (QED) is 0.531. The summed E-state index contributed by atoms with van der Waals surface area (Å²) in [7, 11) is 0. The summed E-state index contributed by atoms with van der Waals surface area (Å²) in [5, 5.41) is 1.34. The number of ether oxygens (including phenoxy) is 2. The van der Waals surface area contributed by atoms with Crippen molar-refractivity contribution in [3.8, 4) is 0 Å². The molecule has 2 saturated carbocycles. The fourth-order valence-corrected chi connectivity index (χ4v) is 7.13. The molecule has 0 aromatic heterocycles. The highest BCUT2D eigenvalue weighted by Crippen LogP contribution is 2.63. The minimum Gasteiger partial charge on any atom is -0.463 e. The Morgan fingerprint density at radius 3 is 2.36 bits per heavy atom. The molecule has 7 unspecified atom stereocenters. The van der Waals surface area contributed by atoms with Crippen LogP contribution in [0.5, 0.6) is 0 Å². The van der Waals surface area contributed by atoms with E-state index in [0.29, 0.717) is 27.3 Å². The predicted octanol–water partition coefficient (Wildman–Crippen LogP) is 3.81. The van der Waals surface area contributed by atoms with Gasteiger partial charge in [-0.3, -0.25) is 4.79 Å². The number of fused-ring (bicyclic) bond motifs is 2. The Morgan fingerprint density at radius 2 is 1.72 bits per heavy atom. The van der Waals surface area contributed by atoms with Gasteiger partial charge in [-0.1, -0.05) is 0 Å². The van der Waals surface area contributed by atoms with Crippen LogP contribution in [0.25, 0.3) is 0 Å². The van der Waals surface area contributed by atoms with Gasteiger partial charge in [-0.25, -0.2) is 4.79 Å². The molecule has 4 fully saturated rings. The minimum absolute atomic E-state index is 0.0498. The average Bonchev–Trinajstić information content (AvgIpc) is 3.44. The van der Waals surface area contributed by atoms with Gasteiger partial charge in [0.05, 0.1) is 12.5 Å². The third kappa shape index (κ3) is 3.71. The maximum Gasteiger partial charge on any atom is 0.347 e. The van der Waals surface area contributed by atoms with Crippen molar-refractivity contribution in [2.75, 3.05) is 6.61 Å². The topological polar surface area (TPSA) is 52.6 Å². The van der Waals surface area contributed by atoms with E-state index in [-0.39, 0.29) is 11.9 Å². The van der Waals surface area contributed by atoms with Crippen molar-refractivity contribution in [2.24, 2.45) is 11.8 Å². The van der Waals surface area contributed by atoms with E-state index < -0.39 is 12.1 Å². The van der Waals surface area contributed by atoms with Crippen LogP contribution in [0.2, 0.25) is 0 Å². The molecule has 2 aliphatic carbocycles. The van der Waals surface area contributed by atoms with Crippen molar-refractivity contribution < 1.29 is 19.1 Å². The van der Waals surface area contributed by atoms with Gasteiger partial charge in [0.2, 0.25) is 0 Å². The van der Waals surface area contributed by atoms with Crippen molar-refractivity contribution in [2.45, 2.75) is 85.4 Å². The predicted molar refractivity (Wildman–Crippen MR) is 101 cm³/mol. The Kier molecular flexibility index (Phi) is 4.59. The van der Waals surface area contributed by atoms with Gasteiger partial charge in [0.25, 0.3) is 0 Å². The van der Waals surface area contributed by atoms with Crippen LogP contribution in [0.15, 0.2) is 0 Å². The van der Waals surface area contributed by atoms with Crippen LogP contribution in [0, 0.1) is 11.8 Å². The molecule has 2 aliphatic heterocycles. The van der Waals surface area contributed by atoms with Gasteiger partial charge < -0.3 is 9.47 Å². The molecule has 25 heavy (non-hydrogen) atoms. The molecule has 2 heterocycles. The molecule has 4 rings (SSSR count). The fraction of sp³-hybridized carbons (Fsp3) is 0.895. The van der Waals surface area contributed by atoms with Crippen LogP contribution < -0.4 is 0 Å². The molecule has 0 aromatic carbocycles. The first-order valence-electron chi connectivity index (χ1n) is 9.52. The summed E-state index contributed by atoms with van der Waals surface area (Å²) in [5.41, 5.74) is 0. The molecule has 7 atom stereocenters. The van der Waals surface area contributed by atoms with Crippen LogP contribution in [0.3, 0.4) is 0 Å². The van der Waals surface area contributed by atoms with Gasteiger partial charge in [0.15, 0.2) is 6.10 Å². The number of thioether (sulfide) groups is 2. The molecule has 0 aromatic rings. The maximum absolute atomic E-state index is 12.3. The van der Waals surface area contributed by atoms with Gasteiger partial charge in [-0.15, -0.1) is 23.5 Å². The first kappa shape index (κ1) is 18.0. The lowest BCUT2D eigenvalue weighted by atomic mass is 9.83. The van der Waals surface area contributed by atoms with E-state index in [2.05, 4.69) is 25.6 Å². The standard InChI is InChI=1S/C19H28O4S2/c1-11(23-17(21)13-5-7-19(3)15(9-13)25-19)16(20)22-10-12-4-6-18(2)14(8-12)24-18/h11-15H,4-10H2,1-3H3. The zero-order valence-corrected chi connectivity index (χ0v) is 16.9. The number of hydrogen-bond acceptors (Lipinski definition) is 6. The molecule has 6 heteroatoms. The van der Waals surface area contributed by atoms with Crippen molar-refractivity contribution >= 4 is 35.5 Å². The molecule has 140 valence electrons. The SMILES string of the molecule is CC(OC(=O)C1CCC2(C)SC2C1)C(=O)OCC1CCC2(C)SC2C1. The molecule has 0 amide bonds. The molecule has 0 radical (unpaired) electrons. The molecular formula is C19H28O4S2. The Labute approximate surface area is 158 Å². The largest absolute Gasteiger partial charge is 0.463 e. The Bertz CT molecular complexity index is 582. The molecule has 0 bridgehead atoms. The van der Waals surface area contributed by atoms with Gasteiger partial charge in [-0.2, -0.15) is 0 Å². The van der Waals surface area contributed by atoms with E-state index >= 15 is 0 Å². The maximum atomic E-state index is 12.3. The summed E-state index contributed by atoms with van der Waals surface area (Å²) in [6.45, 7) is 6.71. The first-order chi connectivity index (χ1) is 11.8.